The van der Waals surface area contributed by atoms with Crippen LogP contribution in [0.15, 0.2) is 0 Å². The highest BCUT2D eigenvalue weighted by Crippen LogP contribution is 2.12. The lowest BCUT2D eigenvalue weighted by atomic mass is 10.0. The smallest absolute Gasteiger partial charge is 0.0804 e. The van der Waals surface area contributed by atoms with Gasteiger partial charge >= 0.3 is 0 Å². The molecule has 0 unspecified atom stereocenters. The van der Waals surface area contributed by atoms with Gasteiger partial charge in [-0.25, -0.2) is 4.84 Å². The van der Waals surface area contributed by atoms with Crippen LogP contribution >= 0.6 is 11.8 Å². The van der Waals surface area contributed by atoms with Crippen LogP contribution in [-0.4, -0.2) is 48.9 Å². The Bertz CT molecular complexity index is 160. The van der Waals surface area contributed by atoms with Crippen molar-refractivity contribution in [1.29, 1.82) is 0 Å². The minimum atomic E-state index is -0.0176. The molecular weight excluding hydrogens is 200 g/mol. The van der Waals surface area contributed by atoms with Gasteiger partial charge in [-0.2, -0.15) is 0 Å². The average Bonchev–Trinajstić information content (AvgIpc) is 2.12. The predicted molar refractivity (Wildman–Crippen MR) is 61.2 cm³/mol. The second-order valence-corrected chi connectivity index (χ2v) is 5.38. The first-order valence-corrected chi connectivity index (χ1v) is 5.51. The van der Waals surface area contributed by atoms with Crippen molar-refractivity contribution in [2.24, 2.45) is 0 Å². The van der Waals surface area contributed by atoms with Gasteiger partial charge in [0, 0.05) is 25.0 Å². The average molecular weight is 224 g/mol. The maximum absolute atomic E-state index is 8.76. The monoisotopic (exact) mass is 223 g/mol. The van der Waals surface area contributed by atoms with Crippen LogP contribution in [0.1, 0.15) is 26.7 Å². The molecule has 4 heteroatoms. The molecule has 0 saturated carbocycles. The van der Waals surface area contributed by atoms with Crippen molar-refractivity contribution in [2.45, 2.75) is 32.2 Å². The molecule has 0 atom stereocenters. The zero-order valence-corrected chi connectivity index (χ0v) is 10.6. The fourth-order valence-electron chi connectivity index (χ4n) is 1.24. The van der Waals surface area contributed by atoms with Gasteiger partial charge in [-0.1, -0.05) is 0 Å². The topological polar surface area (TPSA) is 32.3 Å². The first-order chi connectivity index (χ1) is 6.33. The van der Waals surface area contributed by atoms with E-state index in [9.17, 15) is 0 Å². The number of halogens is 1. The number of rotatable bonds is 7. The summed E-state index contributed by atoms with van der Waals surface area (Å²) in [5.74, 6) is 0. The summed E-state index contributed by atoms with van der Waals surface area (Å²) < 4.78 is 0.933. The molecule has 2 N–H and O–H groups in total. The standard InChI is InChI=1S/C10H24ClN2O/c1-10(2,12-11)6-8-13(3,4)7-5-9-14/h12,14H,5-9H2,1-4H3/q+1. The Hall–Kier alpha value is 0.170. The molecule has 86 valence electrons. The fraction of sp³-hybridized carbons (Fsp3) is 1.00. The normalized spacial score (nSPS) is 13.3. The van der Waals surface area contributed by atoms with E-state index in [1.54, 1.807) is 0 Å². The SMILES string of the molecule is CC(C)(CC[N+](C)(C)CCCO)NCl. The summed E-state index contributed by atoms with van der Waals surface area (Å²) in [4.78, 5) is 2.78. The molecule has 0 radical (unpaired) electrons. The maximum atomic E-state index is 8.76. The van der Waals surface area contributed by atoms with Crippen molar-refractivity contribution in [3.8, 4) is 0 Å². The van der Waals surface area contributed by atoms with E-state index in [4.69, 9.17) is 16.9 Å². The quantitative estimate of drug-likeness (QED) is 0.505. The van der Waals surface area contributed by atoms with Crippen molar-refractivity contribution < 1.29 is 9.59 Å². The van der Waals surface area contributed by atoms with Gasteiger partial charge in [0.2, 0.25) is 0 Å². The molecule has 0 aromatic rings. The Morgan fingerprint density at radius 1 is 1.29 bits per heavy atom. The summed E-state index contributed by atoms with van der Waals surface area (Å²) >= 11 is 5.63. The van der Waals surface area contributed by atoms with Crippen LogP contribution in [0.2, 0.25) is 0 Å². The van der Waals surface area contributed by atoms with E-state index < -0.39 is 0 Å². The number of aliphatic hydroxyl groups excluding tert-OH is 1. The minimum Gasteiger partial charge on any atom is -0.396 e. The van der Waals surface area contributed by atoms with E-state index in [0.717, 1.165) is 30.4 Å². The summed E-state index contributed by atoms with van der Waals surface area (Å²) in [6.07, 6.45) is 1.89. The first kappa shape index (κ1) is 14.2. The molecule has 0 aliphatic rings. The lowest BCUT2D eigenvalue weighted by Gasteiger charge is -2.33. The van der Waals surface area contributed by atoms with Gasteiger partial charge < -0.3 is 9.59 Å². The largest absolute Gasteiger partial charge is 0.396 e. The van der Waals surface area contributed by atoms with Crippen LogP contribution in [-0.2, 0) is 0 Å². The summed E-state index contributed by atoms with van der Waals surface area (Å²) in [7, 11) is 4.36. The fourth-order valence-corrected chi connectivity index (χ4v) is 1.33. The van der Waals surface area contributed by atoms with Gasteiger partial charge in [-0.3, -0.25) is 0 Å². The highest BCUT2D eigenvalue weighted by atomic mass is 35.5. The van der Waals surface area contributed by atoms with E-state index >= 15 is 0 Å². The Labute approximate surface area is 92.8 Å². The lowest BCUT2D eigenvalue weighted by Crippen LogP contribution is -2.46. The van der Waals surface area contributed by atoms with Gasteiger partial charge in [-0.05, 0) is 25.6 Å². The van der Waals surface area contributed by atoms with Gasteiger partial charge in [0.15, 0.2) is 0 Å². The number of hydrogen-bond acceptors (Lipinski definition) is 2. The summed E-state index contributed by atoms with van der Waals surface area (Å²) in [6, 6.07) is 0. The highest BCUT2D eigenvalue weighted by molar-refractivity contribution is 6.13. The van der Waals surface area contributed by atoms with E-state index in [1.165, 1.54) is 0 Å². The second-order valence-electron chi connectivity index (χ2n) is 5.19. The molecule has 14 heavy (non-hydrogen) atoms. The summed E-state index contributed by atoms with van der Waals surface area (Å²) in [5, 5.41) is 8.76. The zero-order chi connectivity index (χ0) is 11.2. The summed E-state index contributed by atoms with van der Waals surface area (Å²) in [5.41, 5.74) is -0.0176. The van der Waals surface area contributed by atoms with E-state index in [0.29, 0.717) is 0 Å². The van der Waals surface area contributed by atoms with Crippen LogP contribution in [0.5, 0.6) is 0 Å². The summed E-state index contributed by atoms with van der Waals surface area (Å²) in [6.45, 7) is 6.53. The van der Waals surface area contributed by atoms with Crippen LogP contribution in [0.4, 0.5) is 0 Å². The molecule has 0 fully saturated rings. The third kappa shape index (κ3) is 6.60. The van der Waals surface area contributed by atoms with Crippen LogP contribution in [0.25, 0.3) is 0 Å². The third-order valence-electron chi connectivity index (χ3n) is 2.52. The van der Waals surface area contributed by atoms with Crippen LogP contribution in [0, 0.1) is 0 Å². The number of nitrogens with one attached hydrogen (secondary N) is 1. The molecule has 0 rings (SSSR count). The predicted octanol–water partition coefficient (Wildman–Crippen LogP) is 1.36. The Balaban J connectivity index is 3.85. The van der Waals surface area contributed by atoms with Gasteiger partial charge in [-0.15, -0.1) is 0 Å². The molecule has 0 amide bonds. The molecule has 0 aliphatic heterocycles. The molecular formula is C10H24ClN2O+. The van der Waals surface area contributed by atoms with Crippen LogP contribution < -0.4 is 4.84 Å². The van der Waals surface area contributed by atoms with Gasteiger partial charge in [0.1, 0.15) is 0 Å². The van der Waals surface area contributed by atoms with Crippen molar-refractivity contribution in [3.63, 3.8) is 0 Å². The molecule has 0 saturated heterocycles. The molecule has 0 aromatic heterocycles. The third-order valence-corrected chi connectivity index (χ3v) is 3.03. The van der Waals surface area contributed by atoms with E-state index in [2.05, 4.69) is 32.8 Å². The van der Waals surface area contributed by atoms with Crippen molar-refractivity contribution in [3.05, 3.63) is 0 Å². The van der Waals surface area contributed by atoms with Crippen LogP contribution in [0.3, 0.4) is 0 Å². The highest BCUT2D eigenvalue weighted by Gasteiger charge is 2.22. The van der Waals surface area contributed by atoms with Crippen molar-refractivity contribution in [2.75, 3.05) is 33.8 Å². The van der Waals surface area contributed by atoms with Gasteiger partial charge in [0.05, 0.1) is 27.2 Å². The Kier molecular flexibility index (Phi) is 5.98. The zero-order valence-electron chi connectivity index (χ0n) is 9.81. The molecule has 0 bridgehead atoms. The molecule has 3 nitrogen and oxygen atoms in total. The first-order valence-electron chi connectivity index (χ1n) is 5.14. The van der Waals surface area contributed by atoms with Gasteiger partial charge in [0.25, 0.3) is 0 Å². The lowest BCUT2D eigenvalue weighted by molar-refractivity contribution is -0.891. The molecule has 0 aromatic carbocycles. The minimum absolute atomic E-state index is 0.0176. The van der Waals surface area contributed by atoms with Crippen molar-refractivity contribution >= 4 is 11.8 Å². The maximum Gasteiger partial charge on any atom is 0.0804 e. The number of quaternary nitrogens is 1. The Morgan fingerprint density at radius 3 is 2.29 bits per heavy atom. The van der Waals surface area contributed by atoms with E-state index in [-0.39, 0.29) is 12.1 Å². The number of hydrogen-bond donors (Lipinski definition) is 2. The molecule has 0 heterocycles. The van der Waals surface area contributed by atoms with E-state index in [1.807, 2.05) is 0 Å². The molecule has 0 aliphatic carbocycles. The van der Waals surface area contributed by atoms with Crippen molar-refractivity contribution in [1.82, 2.24) is 4.84 Å². The second kappa shape index (κ2) is 5.91. The number of nitrogens with zero attached hydrogens (tertiary/aromatic N) is 1. The molecule has 0 spiro atoms. The Morgan fingerprint density at radius 2 is 1.86 bits per heavy atom. The number of aliphatic hydroxyl groups is 1.